The van der Waals surface area contributed by atoms with Gasteiger partial charge in [-0.05, 0) is 25.0 Å². The highest BCUT2D eigenvalue weighted by molar-refractivity contribution is 5.40. The zero-order valence-electron chi connectivity index (χ0n) is 15.7. The number of nitrogens with zero attached hydrogens (tertiary/aromatic N) is 1. The van der Waals surface area contributed by atoms with Gasteiger partial charge >= 0.3 is 0 Å². The van der Waals surface area contributed by atoms with Crippen LogP contribution in [0.25, 0.3) is 0 Å². The van der Waals surface area contributed by atoms with E-state index in [1.54, 1.807) is 0 Å². The van der Waals surface area contributed by atoms with Crippen LogP contribution in [0, 0.1) is 0 Å². The van der Waals surface area contributed by atoms with Crippen LogP contribution in [0.4, 0.5) is 5.69 Å². The molecule has 0 saturated carbocycles. The van der Waals surface area contributed by atoms with Gasteiger partial charge in [-0.2, -0.15) is 0 Å². The summed E-state index contributed by atoms with van der Waals surface area (Å²) < 4.78 is 1.01. The molecule has 0 amide bonds. The van der Waals surface area contributed by atoms with Crippen LogP contribution in [-0.2, 0) is 0 Å². The van der Waals surface area contributed by atoms with Gasteiger partial charge in [0.1, 0.15) is 5.69 Å². The maximum atomic E-state index is 2.33. The molecule has 0 saturated heterocycles. The zero-order valence-corrected chi connectivity index (χ0v) is 16.5. The maximum absolute atomic E-state index is 2.33. The highest BCUT2D eigenvalue weighted by Crippen LogP contribution is 2.19. The lowest BCUT2D eigenvalue weighted by Gasteiger charge is -2.29. The number of hydrogen-bond donors (Lipinski definition) is 0. The van der Waals surface area contributed by atoms with E-state index in [0.717, 1.165) is 4.48 Å². The lowest BCUT2D eigenvalue weighted by atomic mass is 10.1. The Labute approximate surface area is 151 Å². The van der Waals surface area contributed by atoms with Crippen LogP contribution in [0.1, 0.15) is 77.6 Å². The number of hydrogen-bond acceptors (Lipinski definition) is 0. The maximum Gasteiger partial charge on any atom is 0.132 e. The normalized spacial score (nSPS) is 11.3. The molecule has 0 spiro atoms. The Kier molecular flexibility index (Phi) is 13.5. The minimum absolute atomic E-state index is 0. The molecule has 0 heterocycles. The average molecular weight is 340 g/mol. The van der Waals surface area contributed by atoms with Crippen LogP contribution in [0.15, 0.2) is 30.3 Å². The lowest BCUT2D eigenvalue weighted by molar-refractivity contribution is -0.00000494. The summed E-state index contributed by atoms with van der Waals surface area (Å²) in [6.07, 6.45) is 15.6. The van der Waals surface area contributed by atoms with E-state index in [9.17, 15) is 0 Å². The minimum atomic E-state index is 0. The Morgan fingerprint density at radius 1 is 0.652 bits per heavy atom. The second-order valence-corrected chi connectivity index (χ2v) is 7.28. The first-order valence-corrected chi connectivity index (χ1v) is 9.55. The first kappa shape index (κ1) is 22.5. The third-order valence-electron chi connectivity index (χ3n) is 4.78. The molecule has 0 atom stereocenters. The summed E-state index contributed by atoms with van der Waals surface area (Å²) in [5.41, 5.74) is 1.43. The summed E-state index contributed by atoms with van der Waals surface area (Å²) in [6, 6.07) is 10.9. The number of benzene rings is 1. The molecule has 2 heteroatoms. The Morgan fingerprint density at radius 2 is 1.09 bits per heavy atom. The molecule has 23 heavy (non-hydrogen) atoms. The third kappa shape index (κ3) is 10.8. The van der Waals surface area contributed by atoms with Crippen LogP contribution in [0.5, 0.6) is 0 Å². The van der Waals surface area contributed by atoms with E-state index in [4.69, 9.17) is 0 Å². The molecule has 1 aromatic carbocycles. The summed E-state index contributed by atoms with van der Waals surface area (Å²) in [5, 5.41) is 0. The molecular formula is C21H38ClN. The fourth-order valence-electron chi connectivity index (χ4n) is 3.13. The van der Waals surface area contributed by atoms with Crippen molar-refractivity contribution in [1.29, 1.82) is 0 Å². The second kappa shape index (κ2) is 13.9. The van der Waals surface area contributed by atoms with E-state index in [1.165, 1.54) is 82.9 Å². The van der Waals surface area contributed by atoms with Gasteiger partial charge in [0.15, 0.2) is 0 Å². The van der Waals surface area contributed by atoms with Crippen LogP contribution >= 0.6 is 0 Å². The number of rotatable bonds is 13. The predicted molar refractivity (Wildman–Crippen MR) is 101 cm³/mol. The van der Waals surface area contributed by atoms with Gasteiger partial charge in [0, 0.05) is 0 Å². The van der Waals surface area contributed by atoms with Gasteiger partial charge in [0.25, 0.3) is 0 Å². The summed E-state index contributed by atoms with van der Waals surface area (Å²) in [4.78, 5) is 0. The monoisotopic (exact) mass is 339 g/mol. The Hall–Kier alpha value is -0.530. The molecule has 0 fully saturated rings. The molecule has 0 aliphatic heterocycles. The number of para-hydroxylation sites is 1. The lowest BCUT2D eigenvalue weighted by Crippen LogP contribution is -3.00. The minimum Gasteiger partial charge on any atom is -1.00 e. The fraction of sp³-hybridized carbons (Fsp3) is 0.714. The van der Waals surface area contributed by atoms with E-state index in [1.807, 2.05) is 0 Å². The zero-order chi connectivity index (χ0) is 16.1. The van der Waals surface area contributed by atoms with Gasteiger partial charge < -0.3 is 12.4 Å². The van der Waals surface area contributed by atoms with Crippen LogP contribution < -0.4 is 16.9 Å². The summed E-state index contributed by atoms with van der Waals surface area (Å²) in [6.45, 7) is 3.54. The highest BCUT2D eigenvalue weighted by atomic mass is 35.5. The molecule has 0 unspecified atom stereocenters. The van der Waals surface area contributed by atoms with Crippen LogP contribution in [0.2, 0.25) is 0 Å². The van der Waals surface area contributed by atoms with E-state index in [0.29, 0.717) is 0 Å². The topological polar surface area (TPSA) is 0 Å². The van der Waals surface area contributed by atoms with Crippen molar-refractivity contribution >= 4 is 5.69 Å². The molecule has 0 radical (unpaired) electrons. The Bertz CT molecular complexity index is 361. The van der Waals surface area contributed by atoms with Crippen molar-refractivity contribution in [3.8, 4) is 0 Å². The van der Waals surface area contributed by atoms with Crippen molar-refractivity contribution in [2.45, 2.75) is 77.6 Å². The van der Waals surface area contributed by atoms with Crippen LogP contribution in [-0.4, -0.2) is 20.6 Å². The molecular weight excluding hydrogens is 302 g/mol. The van der Waals surface area contributed by atoms with E-state index < -0.39 is 0 Å². The molecule has 1 rings (SSSR count). The quantitative estimate of drug-likeness (QED) is 0.381. The second-order valence-electron chi connectivity index (χ2n) is 7.28. The van der Waals surface area contributed by atoms with Gasteiger partial charge in [0.05, 0.1) is 20.6 Å². The van der Waals surface area contributed by atoms with Gasteiger partial charge in [-0.3, -0.25) is 4.48 Å². The number of unbranched alkanes of at least 4 members (excludes halogenated alkanes) is 10. The standard InChI is InChI=1S/C21H38N.ClH/c1-4-5-6-7-8-9-10-11-12-13-17-20-22(2,3)21-18-15-14-16-19-21;/h14-16,18-19H,4-13,17,20H2,1-3H3;1H/q+1;/p-1. The molecule has 1 nitrogen and oxygen atoms in total. The number of quaternary nitrogens is 1. The van der Waals surface area contributed by atoms with Crippen molar-refractivity contribution in [3.05, 3.63) is 30.3 Å². The van der Waals surface area contributed by atoms with E-state index >= 15 is 0 Å². The van der Waals surface area contributed by atoms with Gasteiger partial charge in [-0.1, -0.05) is 82.9 Å². The van der Waals surface area contributed by atoms with Gasteiger partial charge in [-0.15, -0.1) is 0 Å². The highest BCUT2D eigenvalue weighted by Gasteiger charge is 2.17. The van der Waals surface area contributed by atoms with Crippen molar-refractivity contribution in [2.24, 2.45) is 0 Å². The Morgan fingerprint density at radius 3 is 1.57 bits per heavy atom. The molecule has 1 aromatic rings. The fourth-order valence-corrected chi connectivity index (χ4v) is 3.13. The van der Waals surface area contributed by atoms with E-state index in [-0.39, 0.29) is 12.4 Å². The molecule has 0 bridgehead atoms. The van der Waals surface area contributed by atoms with Crippen molar-refractivity contribution in [2.75, 3.05) is 20.6 Å². The van der Waals surface area contributed by atoms with Gasteiger partial charge in [-0.25, -0.2) is 0 Å². The summed E-state index contributed by atoms with van der Waals surface area (Å²) >= 11 is 0. The van der Waals surface area contributed by atoms with Crippen LogP contribution in [0.3, 0.4) is 0 Å². The summed E-state index contributed by atoms with van der Waals surface area (Å²) in [5.74, 6) is 0. The first-order valence-electron chi connectivity index (χ1n) is 9.55. The van der Waals surface area contributed by atoms with E-state index in [2.05, 4.69) is 51.4 Å². The molecule has 0 aliphatic rings. The largest absolute Gasteiger partial charge is 1.00 e. The number of halogens is 1. The summed E-state index contributed by atoms with van der Waals surface area (Å²) in [7, 11) is 4.65. The molecule has 134 valence electrons. The van der Waals surface area contributed by atoms with Crippen molar-refractivity contribution in [3.63, 3.8) is 0 Å². The first-order chi connectivity index (χ1) is 10.7. The molecule has 0 aromatic heterocycles. The average Bonchev–Trinajstić information content (AvgIpc) is 2.53. The smallest absolute Gasteiger partial charge is 0.132 e. The van der Waals surface area contributed by atoms with Crippen molar-refractivity contribution in [1.82, 2.24) is 4.48 Å². The Balaban J connectivity index is 0.00000484. The molecule has 0 aliphatic carbocycles. The van der Waals surface area contributed by atoms with Crippen molar-refractivity contribution < 1.29 is 12.4 Å². The van der Waals surface area contributed by atoms with Gasteiger partial charge in [0.2, 0.25) is 0 Å². The molecule has 0 N–H and O–H groups in total. The third-order valence-corrected chi connectivity index (χ3v) is 4.78. The predicted octanol–water partition coefficient (Wildman–Crippen LogP) is 3.57. The SMILES string of the molecule is CCCCCCCCCCCCC[N+](C)(C)c1ccccc1.[Cl-].